The largest absolute Gasteiger partial charge is 0.353 e. The summed E-state index contributed by atoms with van der Waals surface area (Å²) in [4.78, 5) is 26.1. The fourth-order valence-electron chi connectivity index (χ4n) is 3.99. The van der Waals surface area contributed by atoms with Gasteiger partial charge in [0.25, 0.3) is 5.91 Å². The molecule has 0 saturated carbocycles. The van der Waals surface area contributed by atoms with Crippen LogP contribution in [0.3, 0.4) is 0 Å². The molecule has 0 unspecified atom stereocenters. The van der Waals surface area contributed by atoms with Crippen molar-refractivity contribution in [1.29, 1.82) is 0 Å². The van der Waals surface area contributed by atoms with Gasteiger partial charge in [-0.05, 0) is 49.7 Å². The summed E-state index contributed by atoms with van der Waals surface area (Å²) in [5, 5.41) is 0.848. The zero-order chi connectivity index (χ0) is 22.8. The lowest BCUT2D eigenvalue weighted by Crippen LogP contribution is -2.49. The Morgan fingerprint density at radius 2 is 1.78 bits per heavy atom. The predicted molar refractivity (Wildman–Crippen MR) is 125 cm³/mol. The number of amides is 1. The van der Waals surface area contributed by atoms with Crippen molar-refractivity contribution in [3.63, 3.8) is 0 Å². The maximum atomic E-state index is 13.7. The highest BCUT2D eigenvalue weighted by Crippen LogP contribution is 2.27. The summed E-state index contributed by atoms with van der Waals surface area (Å²) in [7, 11) is 0. The molecule has 1 saturated heterocycles. The third-order valence-corrected chi connectivity index (χ3v) is 6.15. The zero-order valence-electron chi connectivity index (χ0n) is 17.9. The van der Waals surface area contributed by atoms with Crippen LogP contribution in [0.4, 0.5) is 10.2 Å². The third kappa shape index (κ3) is 4.87. The second-order valence-corrected chi connectivity index (χ2v) is 8.71. The molecule has 32 heavy (non-hydrogen) atoms. The Hall–Kier alpha value is -2.70. The first-order valence-electron chi connectivity index (χ1n) is 10.4. The van der Waals surface area contributed by atoms with E-state index in [1.165, 1.54) is 12.1 Å². The van der Waals surface area contributed by atoms with Crippen LogP contribution >= 0.6 is 23.2 Å². The smallest absolute Gasteiger partial charge is 0.255 e. The normalized spacial score (nSPS) is 14.0. The van der Waals surface area contributed by atoms with Crippen molar-refractivity contribution in [3.8, 4) is 0 Å². The van der Waals surface area contributed by atoms with E-state index in [2.05, 4.69) is 9.88 Å². The molecular formula is C24H23Cl2FN4O. The monoisotopic (exact) mass is 472 g/mol. The fourth-order valence-corrected chi connectivity index (χ4v) is 4.48. The van der Waals surface area contributed by atoms with E-state index in [0.717, 1.165) is 22.6 Å². The molecule has 0 spiro atoms. The summed E-state index contributed by atoms with van der Waals surface area (Å²) >= 11 is 12.2. The number of carbonyl (C=O) groups excluding carboxylic acids is 1. The summed E-state index contributed by atoms with van der Waals surface area (Å²) in [6.45, 7) is 6.16. The van der Waals surface area contributed by atoms with Gasteiger partial charge >= 0.3 is 0 Å². The van der Waals surface area contributed by atoms with Crippen molar-refractivity contribution in [1.82, 2.24) is 14.9 Å². The molecule has 4 rings (SSSR count). The minimum atomic E-state index is -0.261. The van der Waals surface area contributed by atoms with Gasteiger partial charge in [-0.1, -0.05) is 35.3 Å². The topological polar surface area (TPSA) is 49.3 Å². The summed E-state index contributed by atoms with van der Waals surface area (Å²) in [6, 6.07) is 11.5. The van der Waals surface area contributed by atoms with Crippen LogP contribution in [0.2, 0.25) is 10.0 Å². The van der Waals surface area contributed by atoms with Gasteiger partial charge in [0.2, 0.25) is 0 Å². The first-order chi connectivity index (χ1) is 15.3. The van der Waals surface area contributed by atoms with Gasteiger partial charge in [0.1, 0.15) is 17.5 Å². The second kappa shape index (κ2) is 9.43. The maximum absolute atomic E-state index is 13.7. The summed E-state index contributed by atoms with van der Waals surface area (Å²) in [5.41, 5.74) is 3.17. The van der Waals surface area contributed by atoms with Crippen molar-refractivity contribution in [2.45, 2.75) is 20.3 Å². The predicted octanol–water partition coefficient (Wildman–Crippen LogP) is 5.09. The minimum absolute atomic E-state index is 0.110. The molecule has 166 valence electrons. The van der Waals surface area contributed by atoms with E-state index >= 15 is 0 Å². The Balaban J connectivity index is 1.53. The Labute approximate surface area is 196 Å². The van der Waals surface area contributed by atoms with E-state index in [0.29, 0.717) is 54.0 Å². The molecule has 1 amide bonds. The summed E-state index contributed by atoms with van der Waals surface area (Å²) in [6.07, 6.45) is 0.540. The van der Waals surface area contributed by atoms with E-state index in [9.17, 15) is 9.18 Å². The van der Waals surface area contributed by atoms with Crippen molar-refractivity contribution >= 4 is 34.9 Å². The van der Waals surface area contributed by atoms with E-state index in [1.54, 1.807) is 29.2 Å². The maximum Gasteiger partial charge on any atom is 0.255 e. The standard InChI is InChI=1S/C24H23Cl2FN4O/c1-15-21(13-17-4-3-5-19(27)12-17)23(29-16(2)28-15)30-8-10-31(11-9-30)24(32)20-7-6-18(25)14-22(20)26/h3-7,12,14H,8-11,13H2,1-2H3. The average Bonchev–Trinajstić information content (AvgIpc) is 2.75. The van der Waals surface area contributed by atoms with E-state index < -0.39 is 0 Å². The number of nitrogens with zero attached hydrogens (tertiary/aromatic N) is 4. The van der Waals surface area contributed by atoms with Crippen LogP contribution in [0.15, 0.2) is 42.5 Å². The fraction of sp³-hybridized carbons (Fsp3) is 0.292. The van der Waals surface area contributed by atoms with Crippen molar-refractivity contribution in [3.05, 3.63) is 86.5 Å². The lowest BCUT2D eigenvalue weighted by Gasteiger charge is -2.36. The molecule has 1 aliphatic heterocycles. The number of aryl methyl sites for hydroxylation is 2. The number of rotatable bonds is 4. The first kappa shape index (κ1) is 22.5. The Morgan fingerprint density at radius 3 is 2.47 bits per heavy atom. The van der Waals surface area contributed by atoms with Crippen molar-refractivity contribution in [2.24, 2.45) is 0 Å². The van der Waals surface area contributed by atoms with Crippen LogP contribution in [0.1, 0.15) is 33.0 Å². The lowest BCUT2D eigenvalue weighted by atomic mass is 10.0. The Kier molecular flexibility index (Phi) is 6.63. The van der Waals surface area contributed by atoms with Crippen LogP contribution in [0.25, 0.3) is 0 Å². The zero-order valence-corrected chi connectivity index (χ0v) is 19.4. The summed E-state index contributed by atoms with van der Waals surface area (Å²) in [5.74, 6) is 1.16. The molecule has 2 heterocycles. The van der Waals surface area contributed by atoms with Gasteiger partial charge in [-0.25, -0.2) is 14.4 Å². The van der Waals surface area contributed by atoms with Crippen LogP contribution in [-0.2, 0) is 6.42 Å². The van der Waals surface area contributed by atoms with Gasteiger partial charge < -0.3 is 9.80 Å². The number of benzene rings is 2. The highest BCUT2D eigenvalue weighted by atomic mass is 35.5. The quantitative estimate of drug-likeness (QED) is 0.530. The molecule has 5 nitrogen and oxygen atoms in total. The van der Waals surface area contributed by atoms with Gasteiger partial charge in [0.05, 0.1) is 10.6 Å². The molecule has 0 radical (unpaired) electrons. The molecule has 3 aromatic rings. The molecule has 0 aliphatic carbocycles. The van der Waals surface area contributed by atoms with Crippen LogP contribution in [0, 0.1) is 19.7 Å². The Morgan fingerprint density at radius 1 is 1.03 bits per heavy atom. The van der Waals surface area contributed by atoms with Crippen LogP contribution in [-0.4, -0.2) is 47.0 Å². The molecule has 1 fully saturated rings. The molecular weight excluding hydrogens is 450 g/mol. The highest BCUT2D eigenvalue weighted by molar-refractivity contribution is 6.36. The second-order valence-electron chi connectivity index (χ2n) is 7.87. The minimum Gasteiger partial charge on any atom is -0.353 e. The number of aromatic nitrogens is 2. The lowest BCUT2D eigenvalue weighted by molar-refractivity contribution is 0.0746. The number of piperazine rings is 1. The van der Waals surface area contributed by atoms with Gasteiger partial charge in [-0.15, -0.1) is 0 Å². The van der Waals surface area contributed by atoms with Gasteiger partial charge in [-0.3, -0.25) is 4.79 Å². The SMILES string of the molecule is Cc1nc(C)c(Cc2cccc(F)c2)c(N2CCN(C(=O)c3ccc(Cl)cc3Cl)CC2)n1. The molecule has 1 aliphatic rings. The molecule has 8 heteroatoms. The van der Waals surface area contributed by atoms with Crippen molar-refractivity contribution in [2.75, 3.05) is 31.1 Å². The molecule has 0 atom stereocenters. The molecule has 0 N–H and O–H groups in total. The number of anilines is 1. The molecule has 0 bridgehead atoms. The van der Waals surface area contributed by atoms with E-state index in [1.807, 2.05) is 19.9 Å². The van der Waals surface area contributed by atoms with Gasteiger partial charge in [0, 0.05) is 48.9 Å². The third-order valence-electron chi connectivity index (χ3n) is 5.60. The highest BCUT2D eigenvalue weighted by Gasteiger charge is 2.26. The first-order valence-corrected chi connectivity index (χ1v) is 11.2. The summed E-state index contributed by atoms with van der Waals surface area (Å²) < 4.78 is 13.7. The van der Waals surface area contributed by atoms with Crippen LogP contribution in [0.5, 0.6) is 0 Å². The van der Waals surface area contributed by atoms with E-state index in [-0.39, 0.29) is 11.7 Å². The number of hydrogen-bond donors (Lipinski definition) is 0. The van der Waals surface area contributed by atoms with Gasteiger partial charge in [-0.2, -0.15) is 0 Å². The molecule has 1 aromatic heterocycles. The number of hydrogen-bond acceptors (Lipinski definition) is 4. The molecule has 2 aromatic carbocycles. The Bertz CT molecular complexity index is 1160. The number of carbonyl (C=O) groups is 1. The van der Waals surface area contributed by atoms with Crippen molar-refractivity contribution < 1.29 is 9.18 Å². The van der Waals surface area contributed by atoms with Gasteiger partial charge in [0.15, 0.2) is 0 Å². The average molecular weight is 473 g/mol. The van der Waals surface area contributed by atoms with Crippen LogP contribution < -0.4 is 4.90 Å². The number of halogens is 3. The van der Waals surface area contributed by atoms with E-state index in [4.69, 9.17) is 28.2 Å².